The molecule has 1 N–H and O–H groups in total. The van der Waals surface area contributed by atoms with Crippen molar-refractivity contribution in [2.24, 2.45) is 0 Å². The monoisotopic (exact) mass is 414 g/mol. The van der Waals surface area contributed by atoms with Gasteiger partial charge in [0.1, 0.15) is 17.2 Å². The van der Waals surface area contributed by atoms with Crippen LogP contribution >= 0.6 is 0 Å². The second kappa shape index (κ2) is 8.75. The third-order valence-electron chi connectivity index (χ3n) is 4.87. The molecule has 1 heterocycles. The summed E-state index contributed by atoms with van der Waals surface area (Å²) in [6.45, 7) is 2.37. The van der Waals surface area contributed by atoms with Crippen LogP contribution in [0.15, 0.2) is 84.6 Å². The molecular formula is C25H22N2O4. The predicted octanol–water partition coefficient (Wildman–Crippen LogP) is 4.49. The zero-order valence-electron chi connectivity index (χ0n) is 17.3. The van der Waals surface area contributed by atoms with Gasteiger partial charge in [-0.2, -0.15) is 0 Å². The number of benzene rings is 3. The molecule has 3 aromatic rings. The van der Waals surface area contributed by atoms with Gasteiger partial charge in [0.2, 0.25) is 0 Å². The van der Waals surface area contributed by atoms with Gasteiger partial charge in [0.25, 0.3) is 11.8 Å². The molecule has 156 valence electrons. The van der Waals surface area contributed by atoms with Crippen molar-refractivity contribution in [3.63, 3.8) is 0 Å². The SMILES string of the molecule is CCOc1cccc(N2C(=O)C(Nc3cccc(OC)c3)=C(c3ccccc3)C2=O)c1. The normalized spacial score (nSPS) is 13.5. The third-order valence-corrected chi connectivity index (χ3v) is 4.87. The maximum absolute atomic E-state index is 13.5. The van der Waals surface area contributed by atoms with Gasteiger partial charge in [-0.25, -0.2) is 4.90 Å². The summed E-state index contributed by atoms with van der Waals surface area (Å²) >= 11 is 0. The summed E-state index contributed by atoms with van der Waals surface area (Å²) in [4.78, 5) is 28.1. The number of hydrogen-bond acceptors (Lipinski definition) is 5. The molecule has 0 atom stereocenters. The Morgan fingerprint density at radius 2 is 1.58 bits per heavy atom. The molecule has 0 radical (unpaired) electrons. The fourth-order valence-corrected chi connectivity index (χ4v) is 3.48. The fraction of sp³-hybridized carbons (Fsp3) is 0.120. The lowest BCUT2D eigenvalue weighted by Crippen LogP contribution is -2.32. The topological polar surface area (TPSA) is 67.9 Å². The van der Waals surface area contributed by atoms with E-state index in [2.05, 4.69) is 5.32 Å². The van der Waals surface area contributed by atoms with Crippen molar-refractivity contribution in [1.29, 1.82) is 0 Å². The smallest absolute Gasteiger partial charge is 0.282 e. The highest BCUT2D eigenvalue weighted by Gasteiger charge is 2.40. The molecule has 6 heteroatoms. The van der Waals surface area contributed by atoms with Crippen LogP contribution in [-0.4, -0.2) is 25.5 Å². The molecule has 31 heavy (non-hydrogen) atoms. The Hall–Kier alpha value is -4.06. The standard InChI is InChI=1S/C25H22N2O4/c1-3-31-21-14-8-12-19(16-21)27-24(28)22(17-9-5-4-6-10-17)23(25(27)29)26-18-11-7-13-20(15-18)30-2/h4-16,26H,3H2,1-2H3. The average Bonchev–Trinajstić information content (AvgIpc) is 3.04. The number of rotatable bonds is 7. The minimum Gasteiger partial charge on any atom is -0.497 e. The fourth-order valence-electron chi connectivity index (χ4n) is 3.48. The number of amides is 2. The van der Waals surface area contributed by atoms with E-state index >= 15 is 0 Å². The Labute approximate surface area is 180 Å². The van der Waals surface area contributed by atoms with E-state index in [9.17, 15) is 9.59 Å². The molecule has 0 aromatic heterocycles. The molecule has 6 nitrogen and oxygen atoms in total. The molecule has 0 saturated carbocycles. The minimum absolute atomic E-state index is 0.214. The van der Waals surface area contributed by atoms with Crippen LogP contribution in [0.2, 0.25) is 0 Å². The number of imide groups is 1. The van der Waals surface area contributed by atoms with Crippen LogP contribution in [-0.2, 0) is 9.59 Å². The van der Waals surface area contributed by atoms with Crippen molar-refractivity contribution < 1.29 is 19.1 Å². The molecule has 1 aliphatic rings. The van der Waals surface area contributed by atoms with Crippen LogP contribution < -0.4 is 19.7 Å². The lowest BCUT2D eigenvalue weighted by atomic mass is 10.0. The summed E-state index contributed by atoms with van der Waals surface area (Å²) in [5.74, 6) is 0.413. The molecule has 0 spiro atoms. The van der Waals surface area contributed by atoms with E-state index in [4.69, 9.17) is 9.47 Å². The summed E-state index contributed by atoms with van der Waals surface area (Å²) in [5, 5.41) is 3.14. The quantitative estimate of drug-likeness (QED) is 0.577. The Bertz CT molecular complexity index is 1150. The first kappa shape index (κ1) is 20.2. The average molecular weight is 414 g/mol. The minimum atomic E-state index is -0.430. The molecule has 2 amide bonds. The van der Waals surface area contributed by atoms with Gasteiger partial charge in [-0.15, -0.1) is 0 Å². The van der Waals surface area contributed by atoms with Crippen LogP contribution in [0, 0.1) is 0 Å². The van der Waals surface area contributed by atoms with E-state index in [0.717, 1.165) is 0 Å². The zero-order chi connectivity index (χ0) is 21.8. The number of ether oxygens (including phenoxy) is 2. The number of hydrogen-bond donors (Lipinski definition) is 1. The van der Waals surface area contributed by atoms with E-state index in [0.29, 0.717) is 40.6 Å². The van der Waals surface area contributed by atoms with E-state index in [1.54, 1.807) is 37.4 Å². The van der Waals surface area contributed by atoms with Gasteiger partial charge in [0.15, 0.2) is 0 Å². The van der Waals surface area contributed by atoms with Crippen LogP contribution in [0.1, 0.15) is 12.5 Å². The molecule has 0 aliphatic carbocycles. The number of nitrogens with zero attached hydrogens (tertiary/aromatic N) is 1. The number of carbonyl (C=O) groups is 2. The molecule has 1 aliphatic heterocycles. The Morgan fingerprint density at radius 3 is 2.32 bits per heavy atom. The molecule has 0 bridgehead atoms. The Morgan fingerprint density at radius 1 is 0.839 bits per heavy atom. The van der Waals surface area contributed by atoms with Gasteiger partial charge < -0.3 is 14.8 Å². The first-order chi connectivity index (χ1) is 15.1. The first-order valence-electron chi connectivity index (χ1n) is 9.94. The van der Waals surface area contributed by atoms with Gasteiger partial charge in [-0.3, -0.25) is 9.59 Å². The largest absolute Gasteiger partial charge is 0.497 e. The van der Waals surface area contributed by atoms with Gasteiger partial charge in [-0.05, 0) is 36.8 Å². The molecule has 0 fully saturated rings. The Balaban J connectivity index is 1.78. The molecule has 0 unspecified atom stereocenters. The number of methoxy groups -OCH3 is 1. The predicted molar refractivity (Wildman–Crippen MR) is 120 cm³/mol. The van der Waals surface area contributed by atoms with Gasteiger partial charge >= 0.3 is 0 Å². The maximum atomic E-state index is 13.5. The van der Waals surface area contributed by atoms with Crippen molar-refractivity contribution >= 4 is 28.8 Å². The van der Waals surface area contributed by atoms with Crippen molar-refractivity contribution in [3.8, 4) is 11.5 Å². The summed E-state index contributed by atoms with van der Waals surface area (Å²) in [6, 6.07) is 23.3. The van der Waals surface area contributed by atoms with Gasteiger partial charge in [0.05, 0.1) is 25.0 Å². The molecular weight excluding hydrogens is 392 g/mol. The van der Waals surface area contributed by atoms with Crippen LogP contribution in [0.5, 0.6) is 11.5 Å². The second-order valence-electron chi connectivity index (χ2n) is 6.85. The zero-order valence-corrected chi connectivity index (χ0v) is 17.3. The lowest BCUT2D eigenvalue weighted by molar-refractivity contribution is -0.120. The second-order valence-corrected chi connectivity index (χ2v) is 6.85. The van der Waals surface area contributed by atoms with Crippen LogP contribution in [0.3, 0.4) is 0 Å². The maximum Gasteiger partial charge on any atom is 0.282 e. The highest BCUT2D eigenvalue weighted by molar-refractivity contribution is 6.46. The van der Waals surface area contributed by atoms with Gasteiger partial charge in [-0.1, -0.05) is 42.5 Å². The van der Waals surface area contributed by atoms with Crippen LogP contribution in [0.25, 0.3) is 5.57 Å². The van der Waals surface area contributed by atoms with E-state index in [1.165, 1.54) is 4.90 Å². The van der Waals surface area contributed by atoms with E-state index in [-0.39, 0.29) is 5.70 Å². The van der Waals surface area contributed by atoms with Crippen LogP contribution in [0.4, 0.5) is 11.4 Å². The highest BCUT2D eigenvalue weighted by atomic mass is 16.5. The Kier molecular flexibility index (Phi) is 5.71. The summed E-state index contributed by atoms with van der Waals surface area (Å²) in [7, 11) is 1.57. The number of carbonyl (C=O) groups excluding carboxylic acids is 2. The number of nitrogens with one attached hydrogen (secondary N) is 1. The molecule has 4 rings (SSSR count). The van der Waals surface area contributed by atoms with Crippen molar-refractivity contribution in [1.82, 2.24) is 0 Å². The molecule has 0 saturated heterocycles. The van der Waals surface area contributed by atoms with E-state index < -0.39 is 11.8 Å². The van der Waals surface area contributed by atoms with Crippen molar-refractivity contribution in [2.75, 3.05) is 23.9 Å². The van der Waals surface area contributed by atoms with Crippen molar-refractivity contribution in [2.45, 2.75) is 6.92 Å². The third kappa shape index (κ3) is 4.00. The summed E-state index contributed by atoms with van der Waals surface area (Å²) < 4.78 is 10.8. The van der Waals surface area contributed by atoms with Crippen molar-refractivity contribution in [3.05, 3.63) is 90.1 Å². The highest BCUT2D eigenvalue weighted by Crippen LogP contribution is 2.35. The van der Waals surface area contributed by atoms with E-state index in [1.807, 2.05) is 55.5 Å². The first-order valence-corrected chi connectivity index (χ1v) is 9.94. The summed E-state index contributed by atoms with van der Waals surface area (Å²) in [5.41, 5.74) is 2.29. The lowest BCUT2D eigenvalue weighted by Gasteiger charge is -2.16. The molecule has 3 aromatic carbocycles. The van der Waals surface area contributed by atoms with Gasteiger partial charge in [0, 0.05) is 17.8 Å². The summed E-state index contributed by atoms with van der Waals surface area (Å²) in [6.07, 6.45) is 0. The number of anilines is 2.